The van der Waals surface area contributed by atoms with Crippen LogP contribution in [0.1, 0.15) is 25.1 Å². The predicted molar refractivity (Wildman–Crippen MR) is 181 cm³/mol. The fourth-order valence-corrected chi connectivity index (χ4v) is 7.12. The highest BCUT2D eigenvalue weighted by Gasteiger charge is 2.44. The van der Waals surface area contributed by atoms with Crippen molar-refractivity contribution in [1.29, 1.82) is 0 Å². The van der Waals surface area contributed by atoms with E-state index in [1.807, 2.05) is 44.2 Å². The Morgan fingerprint density at radius 1 is 0.978 bits per heavy atom. The van der Waals surface area contributed by atoms with Crippen LogP contribution < -0.4 is 5.73 Å². The number of nitrogens with zero attached hydrogens (tertiary/aromatic N) is 6. The average molecular weight is 598 g/mol. The van der Waals surface area contributed by atoms with Crippen LogP contribution in [-0.4, -0.2) is 62.6 Å². The summed E-state index contributed by atoms with van der Waals surface area (Å²) in [5, 5.41) is 0. The van der Waals surface area contributed by atoms with Crippen LogP contribution in [-0.2, 0) is 11.3 Å². The molecule has 0 radical (unpaired) electrons. The van der Waals surface area contributed by atoms with E-state index in [2.05, 4.69) is 68.9 Å². The number of allylic oxidation sites excluding steroid dienone is 6. The normalized spacial score (nSPS) is 20.5. The lowest BCUT2D eigenvalue weighted by atomic mass is 9.90. The van der Waals surface area contributed by atoms with E-state index in [1.165, 1.54) is 5.56 Å². The van der Waals surface area contributed by atoms with Gasteiger partial charge in [-0.25, -0.2) is 15.0 Å². The van der Waals surface area contributed by atoms with Crippen molar-refractivity contribution in [3.63, 3.8) is 0 Å². The number of ether oxygens (including phenoxy) is 1. The van der Waals surface area contributed by atoms with E-state index in [4.69, 9.17) is 20.4 Å². The van der Waals surface area contributed by atoms with Crippen molar-refractivity contribution in [2.75, 3.05) is 39.0 Å². The number of fused-ring (bicyclic) bond motifs is 2. The summed E-state index contributed by atoms with van der Waals surface area (Å²) in [5.74, 6) is 3.36. The second-order valence-electron chi connectivity index (χ2n) is 12.1. The van der Waals surface area contributed by atoms with Crippen LogP contribution in [0, 0.1) is 11.8 Å². The van der Waals surface area contributed by atoms with E-state index in [9.17, 15) is 0 Å². The molecule has 45 heavy (non-hydrogen) atoms. The molecule has 5 heterocycles. The van der Waals surface area contributed by atoms with Gasteiger partial charge in [0.15, 0.2) is 11.5 Å². The molecule has 2 unspecified atom stereocenters. The number of likely N-dealkylation sites (tertiary alicyclic amines) is 2. The molecule has 3 aromatic heterocycles. The molecule has 0 bridgehead atoms. The highest BCUT2D eigenvalue weighted by atomic mass is 16.5. The molecule has 4 aromatic rings. The number of imidazole rings is 1. The van der Waals surface area contributed by atoms with Crippen LogP contribution >= 0.6 is 0 Å². The first-order valence-corrected chi connectivity index (χ1v) is 15.5. The first kappa shape index (κ1) is 28.8. The van der Waals surface area contributed by atoms with Gasteiger partial charge < -0.3 is 15.4 Å². The SMILES string of the molecule is C=C1C(=C)C(N2CC3CN(Cc4ccc(-n5c(-c6cccnc6N)nc6ccc(C(/C=C\C)=C/C)nc65)cc4)CC3C2)=C1OC. The number of rotatable bonds is 8. The lowest BCUT2D eigenvalue weighted by Crippen LogP contribution is -2.33. The van der Waals surface area contributed by atoms with E-state index in [1.54, 1.807) is 13.3 Å². The predicted octanol–water partition coefficient (Wildman–Crippen LogP) is 6.39. The lowest BCUT2D eigenvalue weighted by molar-refractivity contribution is 0.245. The standard InChI is InChI=1S/C37H39N7O/c1-6-9-26(7-2)31-15-16-32-37(40-31)44(36(41-32)30-10-8-17-39-35(30)38)29-13-11-25(12-14-29)18-42-19-27-21-43(22-28(27)20-42)33-23(3)24(4)34(33)45-5/h6-17,27-28H,3-4,18-22H2,1-2,5H3,(H2,38,39)/b9-6-,26-7+. The van der Waals surface area contributed by atoms with Gasteiger partial charge in [0.25, 0.3) is 0 Å². The zero-order valence-corrected chi connectivity index (χ0v) is 26.2. The van der Waals surface area contributed by atoms with Gasteiger partial charge >= 0.3 is 0 Å². The van der Waals surface area contributed by atoms with Gasteiger partial charge in [0.1, 0.15) is 17.1 Å². The van der Waals surface area contributed by atoms with Gasteiger partial charge in [-0.05, 0) is 73.2 Å². The number of anilines is 1. The van der Waals surface area contributed by atoms with E-state index < -0.39 is 0 Å². The zero-order chi connectivity index (χ0) is 31.2. The summed E-state index contributed by atoms with van der Waals surface area (Å²) in [4.78, 5) is 19.5. The van der Waals surface area contributed by atoms with E-state index in [0.29, 0.717) is 17.7 Å². The minimum Gasteiger partial charge on any atom is -0.494 e. The Morgan fingerprint density at radius 2 is 1.73 bits per heavy atom. The first-order valence-electron chi connectivity index (χ1n) is 15.5. The number of methoxy groups -OCH3 is 1. The van der Waals surface area contributed by atoms with Crippen molar-refractivity contribution in [3.05, 3.63) is 120 Å². The van der Waals surface area contributed by atoms with Crippen LogP contribution in [0.15, 0.2) is 109 Å². The molecule has 2 fully saturated rings. The molecule has 1 aromatic carbocycles. The summed E-state index contributed by atoms with van der Waals surface area (Å²) >= 11 is 0. The molecular formula is C37H39N7O. The van der Waals surface area contributed by atoms with Crippen LogP contribution in [0.4, 0.5) is 5.82 Å². The number of hydrogen-bond acceptors (Lipinski definition) is 7. The largest absolute Gasteiger partial charge is 0.494 e. The Kier molecular flexibility index (Phi) is 7.37. The first-order chi connectivity index (χ1) is 21.9. The summed E-state index contributed by atoms with van der Waals surface area (Å²) in [6, 6.07) is 16.7. The highest BCUT2D eigenvalue weighted by Crippen LogP contribution is 2.44. The molecule has 228 valence electrons. The number of aromatic nitrogens is 4. The third-order valence-electron chi connectivity index (χ3n) is 9.36. The molecule has 1 aliphatic carbocycles. The van der Waals surface area contributed by atoms with Crippen LogP contribution in [0.25, 0.3) is 33.8 Å². The Bertz CT molecular complexity index is 1900. The molecule has 0 amide bonds. The van der Waals surface area contributed by atoms with Crippen molar-refractivity contribution in [1.82, 2.24) is 29.3 Å². The second kappa shape index (κ2) is 11.5. The molecule has 2 atom stereocenters. The van der Waals surface area contributed by atoms with Gasteiger partial charge in [-0.15, -0.1) is 0 Å². The molecule has 8 heteroatoms. The van der Waals surface area contributed by atoms with Crippen molar-refractivity contribution >= 4 is 22.6 Å². The number of hydrogen-bond donors (Lipinski definition) is 1. The number of nitrogen functional groups attached to an aromatic ring is 1. The lowest BCUT2D eigenvalue weighted by Gasteiger charge is -2.35. The van der Waals surface area contributed by atoms with Gasteiger partial charge in [0, 0.05) is 55.8 Å². The average Bonchev–Trinajstić information content (AvgIpc) is 3.73. The fourth-order valence-electron chi connectivity index (χ4n) is 7.12. The number of pyridine rings is 2. The Labute approximate surface area is 264 Å². The molecule has 8 nitrogen and oxygen atoms in total. The van der Waals surface area contributed by atoms with Crippen molar-refractivity contribution in [3.8, 4) is 17.1 Å². The maximum absolute atomic E-state index is 6.35. The summed E-state index contributed by atoms with van der Waals surface area (Å²) in [6.07, 6.45) is 7.87. The Morgan fingerprint density at radius 3 is 2.40 bits per heavy atom. The monoisotopic (exact) mass is 597 g/mol. The second-order valence-corrected chi connectivity index (χ2v) is 12.1. The summed E-state index contributed by atoms with van der Waals surface area (Å²) in [5.41, 5.74) is 16.0. The smallest absolute Gasteiger partial charge is 0.165 e. The number of nitrogens with two attached hydrogens (primary N) is 1. The van der Waals surface area contributed by atoms with Gasteiger partial charge in [0.2, 0.25) is 0 Å². The van der Waals surface area contributed by atoms with Crippen molar-refractivity contribution in [2.24, 2.45) is 11.8 Å². The van der Waals surface area contributed by atoms with Gasteiger partial charge in [-0.2, -0.15) is 0 Å². The maximum atomic E-state index is 6.35. The molecular weight excluding hydrogens is 558 g/mol. The highest BCUT2D eigenvalue weighted by molar-refractivity contribution is 5.85. The summed E-state index contributed by atoms with van der Waals surface area (Å²) < 4.78 is 7.69. The van der Waals surface area contributed by atoms with E-state index in [-0.39, 0.29) is 0 Å². The maximum Gasteiger partial charge on any atom is 0.165 e. The van der Waals surface area contributed by atoms with Crippen molar-refractivity contribution < 1.29 is 4.74 Å². The minimum absolute atomic E-state index is 0.438. The Balaban J connectivity index is 1.14. The van der Waals surface area contributed by atoms with E-state index in [0.717, 1.165) is 94.8 Å². The molecule has 7 rings (SSSR count). The zero-order valence-electron chi connectivity index (χ0n) is 26.2. The minimum atomic E-state index is 0.438. The summed E-state index contributed by atoms with van der Waals surface area (Å²) in [7, 11) is 1.72. The van der Waals surface area contributed by atoms with Crippen LogP contribution in [0.5, 0.6) is 0 Å². The van der Waals surface area contributed by atoms with Crippen LogP contribution in [0.2, 0.25) is 0 Å². The van der Waals surface area contributed by atoms with Crippen molar-refractivity contribution in [2.45, 2.75) is 20.4 Å². The third-order valence-corrected chi connectivity index (χ3v) is 9.36. The van der Waals surface area contributed by atoms with Gasteiger partial charge in [0.05, 0.1) is 24.1 Å². The number of benzene rings is 1. The fraction of sp³-hybridized carbons (Fsp3) is 0.270. The molecule has 2 N–H and O–H groups in total. The molecule has 0 saturated carbocycles. The quantitative estimate of drug-likeness (QED) is 0.236. The van der Waals surface area contributed by atoms with E-state index >= 15 is 0 Å². The molecule has 3 aliphatic rings. The van der Waals surface area contributed by atoms with Gasteiger partial charge in [-0.1, -0.05) is 43.5 Å². The molecule has 0 spiro atoms. The molecule has 2 saturated heterocycles. The van der Waals surface area contributed by atoms with Crippen LogP contribution in [0.3, 0.4) is 0 Å². The topological polar surface area (TPSA) is 85.3 Å². The summed E-state index contributed by atoms with van der Waals surface area (Å²) in [6.45, 7) is 17.5. The third kappa shape index (κ3) is 4.95. The Hall–Kier alpha value is -4.95. The van der Waals surface area contributed by atoms with Gasteiger partial charge in [-0.3, -0.25) is 9.47 Å². The molecule has 2 aliphatic heterocycles.